The van der Waals surface area contributed by atoms with E-state index in [1.54, 1.807) is 24.3 Å². The van der Waals surface area contributed by atoms with E-state index in [4.69, 9.17) is 9.47 Å². The third-order valence-electron chi connectivity index (χ3n) is 6.19. The van der Waals surface area contributed by atoms with Gasteiger partial charge in [-0.2, -0.15) is 5.10 Å². The molecule has 4 aromatic rings. The van der Waals surface area contributed by atoms with Gasteiger partial charge in [-0.1, -0.05) is 74.5 Å². The zero-order valence-corrected chi connectivity index (χ0v) is 22.4. The molecule has 0 aliphatic heterocycles. The third kappa shape index (κ3) is 7.23. The van der Waals surface area contributed by atoms with Gasteiger partial charge < -0.3 is 14.8 Å². The Balaban J connectivity index is 1.41. The smallest absolute Gasteiger partial charge is 0.262 e. The molecular weight excluding hydrogens is 490 g/mol. The number of carbonyl (C=O) groups is 2. The molecule has 7 heteroatoms. The van der Waals surface area contributed by atoms with E-state index in [1.807, 2.05) is 63.2 Å². The summed E-state index contributed by atoms with van der Waals surface area (Å²) in [6.07, 6.45) is 1.53. The van der Waals surface area contributed by atoms with E-state index in [0.29, 0.717) is 30.3 Å². The highest BCUT2D eigenvalue weighted by molar-refractivity contribution is 5.97. The average molecular weight is 524 g/mol. The Morgan fingerprint density at radius 2 is 1.62 bits per heavy atom. The minimum Gasteiger partial charge on any atom is -0.490 e. The number of nitrogens with one attached hydrogen (secondary N) is 2. The van der Waals surface area contributed by atoms with E-state index < -0.39 is 11.9 Å². The van der Waals surface area contributed by atoms with Crippen LogP contribution in [0.25, 0.3) is 10.8 Å². The monoisotopic (exact) mass is 523 g/mol. The molecule has 4 aromatic carbocycles. The van der Waals surface area contributed by atoms with Gasteiger partial charge in [-0.05, 0) is 65.1 Å². The molecule has 200 valence electrons. The fourth-order valence-corrected chi connectivity index (χ4v) is 4.16. The predicted molar refractivity (Wildman–Crippen MR) is 154 cm³/mol. The summed E-state index contributed by atoms with van der Waals surface area (Å²) in [5.41, 5.74) is 4.85. The predicted octanol–water partition coefficient (Wildman–Crippen LogP) is 5.72. The molecule has 1 atom stereocenters. The molecule has 0 heterocycles. The zero-order chi connectivity index (χ0) is 27.6. The highest BCUT2D eigenvalue weighted by Crippen LogP contribution is 2.30. The lowest BCUT2D eigenvalue weighted by Crippen LogP contribution is -2.48. The Morgan fingerprint density at radius 1 is 0.872 bits per heavy atom. The average Bonchev–Trinajstić information content (AvgIpc) is 2.95. The van der Waals surface area contributed by atoms with Crippen molar-refractivity contribution in [3.05, 3.63) is 108 Å². The summed E-state index contributed by atoms with van der Waals surface area (Å²) >= 11 is 0. The Bertz CT molecular complexity index is 1450. The minimum absolute atomic E-state index is 0.129. The van der Waals surface area contributed by atoms with Crippen molar-refractivity contribution >= 4 is 28.8 Å². The lowest BCUT2D eigenvalue weighted by atomic mass is 10.0. The van der Waals surface area contributed by atoms with E-state index in [0.717, 1.165) is 21.9 Å². The van der Waals surface area contributed by atoms with E-state index in [-0.39, 0.29) is 11.8 Å². The summed E-state index contributed by atoms with van der Waals surface area (Å²) in [5.74, 6) is 0.368. The number of hydrogen-bond donors (Lipinski definition) is 2. The SMILES string of the molecule is CCOc1cc(C=NNC(=O)C(NC(=O)c2ccccc2)C(C)C)ccc1OCc1cccc2ccccc12. The van der Waals surface area contributed by atoms with Crippen LogP contribution in [0, 0.1) is 5.92 Å². The van der Waals surface area contributed by atoms with Gasteiger partial charge in [-0.15, -0.1) is 0 Å². The minimum atomic E-state index is -0.737. The second-order valence-electron chi connectivity index (χ2n) is 9.36. The van der Waals surface area contributed by atoms with Crippen molar-refractivity contribution in [1.29, 1.82) is 0 Å². The Morgan fingerprint density at radius 3 is 2.38 bits per heavy atom. The van der Waals surface area contributed by atoms with Crippen molar-refractivity contribution in [2.24, 2.45) is 11.0 Å². The summed E-state index contributed by atoms with van der Waals surface area (Å²) in [6, 6.07) is 27.9. The van der Waals surface area contributed by atoms with E-state index in [1.165, 1.54) is 6.21 Å². The van der Waals surface area contributed by atoms with Crippen LogP contribution in [-0.4, -0.2) is 30.7 Å². The molecule has 0 aliphatic rings. The number of ether oxygens (including phenoxy) is 2. The third-order valence-corrected chi connectivity index (χ3v) is 6.19. The van der Waals surface area contributed by atoms with Crippen LogP contribution >= 0.6 is 0 Å². The molecule has 0 aliphatic carbocycles. The lowest BCUT2D eigenvalue weighted by molar-refractivity contribution is -0.123. The van der Waals surface area contributed by atoms with Crippen LogP contribution in [0.1, 0.15) is 42.3 Å². The van der Waals surface area contributed by atoms with Crippen LogP contribution in [0.4, 0.5) is 0 Å². The van der Waals surface area contributed by atoms with E-state index in [2.05, 4.69) is 40.1 Å². The number of hydrazone groups is 1. The highest BCUT2D eigenvalue weighted by Gasteiger charge is 2.24. The van der Waals surface area contributed by atoms with Crippen LogP contribution in [-0.2, 0) is 11.4 Å². The van der Waals surface area contributed by atoms with Gasteiger partial charge >= 0.3 is 0 Å². The summed E-state index contributed by atoms with van der Waals surface area (Å²) in [6.45, 7) is 6.51. The molecule has 2 amide bonds. The van der Waals surface area contributed by atoms with Gasteiger partial charge in [-0.25, -0.2) is 5.43 Å². The first kappa shape index (κ1) is 27.4. The molecule has 2 N–H and O–H groups in total. The number of carbonyl (C=O) groups excluding carboxylic acids is 2. The lowest BCUT2D eigenvalue weighted by Gasteiger charge is -2.20. The number of fused-ring (bicyclic) bond motifs is 1. The zero-order valence-electron chi connectivity index (χ0n) is 22.4. The molecule has 0 aromatic heterocycles. The van der Waals surface area contributed by atoms with Crippen molar-refractivity contribution < 1.29 is 19.1 Å². The molecule has 0 fully saturated rings. The molecule has 39 heavy (non-hydrogen) atoms. The van der Waals surface area contributed by atoms with Crippen LogP contribution in [0.15, 0.2) is 96.1 Å². The fourth-order valence-electron chi connectivity index (χ4n) is 4.16. The van der Waals surface area contributed by atoms with Crippen LogP contribution in [0.3, 0.4) is 0 Å². The number of hydrogen-bond acceptors (Lipinski definition) is 5. The summed E-state index contributed by atoms with van der Waals surface area (Å²) in [5, 5.41) is 9.22. The summed E-state index contributed by atoms with van der Waals surface area (Å²) < 4.78 is 11.9. The molecule has 0 radical (unpaired) electrons. The molecule has 7 nitrogen and oxygen atoms in total. The van der Waals surface area contributed by atoms with Gasteiger partial charge in [0.05, 0.1) is 12.8 Å². The van der Waals surface area contributed by atoms with Gasteiger partial charge in [-0.3, -0.25) is 9.59 Å². The Labute approximate surface area is 228 Å². The fraction of sp³-hybridized carbons (Fsp3) is 0.219. The Hall–Kier alpha value is -4.65. The van der Waals surface area contributed by atoms with Gasteiger partial charge in [0, 0.05) is 5.56 Å². The Kier molecular flexibility index (Phi) is 9.29. The maximum atomic E-state index is 12.8. The van der Waals surface area contributed by atoms with Crippen molar-refractivity contribution in [3.8, 4) is 11.5 Å². The highest BCUT2D eigenvalue weighted by atomic mass is 16.5. The second kappa shape index (κ2) is 13.2. The largest absolute Gasteiger partial charge is 0.490 e. The van der Waals surface area contributed by atoms with Crippen LogP contribution in [0.2, 0.25) is 0 Å². The first-order valence-corrected chi connectivity index (χ1v) is 13.0. The first-order chi connectivity index (χ1) is 19.0. The van der Waals surface area contributed by atoms with Crippen LogP contribution < -0.4 is 20.2 Å². The van der Waals surface area contributed by atoms with Crippen molar-refractivity contribution in [1.82, 2.24) is 10.7 Å². The quantitative estimate of drug-likeness (QED) is 0.194. The summed E-state index contributed by atoms with van der Waals surface area (Å²) in [7, 11) is 0. The van der Waals surface area contributed by atoms with E-state index >= 15 is 0 Å². The summed E-state index contributed by atoms with van der Waals surface area (Å²) in [4.78, 5) is 25.3. The molecular formula is C32H33N3O4. The molecule has 1 unspecified atom stereocenters. The first-order valence-electron chi connectivity index (χ1n) is 13.0. The number of amides is 2. The normalized spacial score (nSPS) is 11.9. The molecule has 0 saturated carbocycles. The number of rotatable bonds is 11. The van der Waals surface area contributed by atoms with E-state index in [9.17, 15) is 9.59 Å². The van der Waals surface area contributed by atoms with Gasteiger partial charge in [0.15, 0.2) is 11.5 Å². The standard InChI is InChI=1S/C32H33N3O4/c1-4-38-29-19-23(17-18-28(29)39-21-26-15-10-14-24-11-8-9-16-27(24)26)20-33-35-32(37)30(22(2)3)34-31(36)25-12-6-5-7-13-25/h5-20,22,30H,4,21H2,1-3H3,(H,34,36)(H,35,37). The molecule has 0 saturated heterocycles. The number of benzene rings is 4. The van der Waals surface area contributed by atoms with Gasteiger partial charge in [0.1, 0.15) is 12.6 Å². The number of nitrogens with zero attached hydrogens (tertiary/aromatic N) is 1. The van der Waals surface area contributed by atoms with Crippen LogP contribution in [0.5, 0.6) is 11.5 Å². The second-order valence-corrected chi connectivity index (χ2v) is 9.36. The van der Waals surface area contributed by atoms with Gasteiger partial charge in [0.2, 0.25) is 0 Å². The van der Waals surface area contributed by atoms with Crippen molar-refractivity contribution in [2.45, 2.75) is 33.4 Å². The van der Waals surface area contributed by atoms with Crippen molar-refractivity contribution in [2.75, 3.05) is 6.61 Å². The maximum Gasteiger partial charge on any atom is 0.262 e. The topological polar surface area (TPSA) is 89.0 Å². The van der Waals surface area contributed by atoms with Crippen molar-refractivity contribution in [3.63, 3.8) is 0 Å². The van der Waals surface area contributed by atoms with Gasteiger partial charge in [0.25, 0.3) is 11.8 Å². The molecule has 4 rings (SSSR count). The molecule has 0 spiro atoms. The maximum absolute atomic E-state index is 12.8. The molecule has 0 bridgehead atoms.